The molecular formula is C26H51ClO2. The van der Waals surface area contributed by atoms with Gasteiger partial charge in [-0.05, 0) is 12.8 Å². The molecule has 0 amide bonds. The summed E-state index contributed by atoms with van der Waals surface area (Å²) in [6.07, 6.45) is 31.4. The van der Waals surface area contributed by atoms with Gasteiger partial charge in [-0.2, -0.15) is 0 Å². The third-order valence-corrected chi connectivity index (χ3v) is 6.29. The van der Waals surface area contributed by atoms with Gasteiger partial charge in [-0.1, -0.05) is 135 Å². The van der Waals surface area contributed by atoms with Crippen LogP contribution in [0.15, 0.2) is 0 Å². The number of carboxylic acids is 1. The molecule has 0 atom stereocenters. The van der Waals surface area contributed by atoms with E-state index in [9.17, 15) is 4.79 Å². The lowest BCUT2D eigenvalue weighted by molar-refractivity contribution is -0.137. The molecule has 2 nitrogen and oxygen atoms in total. The van der Waals surface area contributed by atoms with Crippen molar-refractivity contribution in [1.82, 2.24) is 0 Å². The highest BCUT2D eigenvalue weighted by molar-refractivity contribution is 6.17. The molecule has 0 aliphatic carbocycles. The van der Waals surface area contributed by atoms with Crippen molar-refractivity contribution in [1.29, 1.82) is 0 Å². The van der Waals surface area contributed by atoms with Crippen LogP contribution in [0.5, 0.6) is 0 Å². The van der Waals surface area contributed by atoms with Gasteiger partial charge in [0.05, 0.1) is 0 Å². The summed E-state index contributed by atoms with van der Waals surface area (Å²) in [5.41, 5.74) is 0. The van der Waals surface area contributed by atoms with Gasteiger partial charge >= 0.3 is 5.97 Å². The van der Waals surface area contributed by atoms with E-state index in [-0.39, 0.29) is 0 Å². The zero-order valence-corrected chi connectivity index (χ0v) is 20.2. The Hall–Kier alpha value is -0.240. The number of halogens is 1. The van der Waals surface area contributed by atoms with Crippen LogP contribution >= 0.6 is 11.6 Å². The highest BCUT2D eigenvalue weighted by Gasteiger charge is 1.97. The number of unbranched alkanes of at least 4 members (excludes halogenated alkanes) is 22. The van der Waals surface area contributed by atoms with Crippen LogP contribution in [0, 0.1) is 0 Å². The van der Waals surface area contributed by atoms with Gasteiger partial charge in [0, 0.05) is 12.3 Å². The zero-order valence-electron chi connectivity index (χ0n) is 19.4. The fourth-order valence-electron chi connectivity index (χ4n) is 4.08. The van der Waals surface area contributed by atoms with E-state index in [1.54, 1.807) is 0 Å². The van der Waals surface area contributed by atoms with Crippen molar-refractivity contribution in [3.05, 3.63) is 0 Å². The van der Waals surface area contributed by atoms with Crippen LogP contribution in [-0.4, -0.2) is 17.0 Å². The monoisotopic (exact) mass is 430 g/mol. The minimum Gasteiger partial charge on any atom is -0.481 e. The Kier molecular flexibility index (Phi) is 25.6. The molecular weight excluding hydrogens is 380 g/mol. The normalized spacial score (nSPS) is 11.2. The molecule has 3 heteroatoms. The summed E-state index contributed by atoms with van der Waals surface area (Å²) in [5.74, 6) is 0.181. The molecule has 29 heavy (non-hydrogen) atoms. The van der Waals surface area contributed by atoms with E-state index in [1.807, 2.05) is 0 Å². The van der Waals surface area contributed by atoms with Crippen LogP contribution in [-0.2, 0) is 4.79 Å². The van der Waals surface area contributed by atoms with E-state index >= 15 is 0 Å². The lowest BCUT2D eigenvalue weighted by Gasteiger charge is -2.04. The molecule has 0 aromatic carbocycles. The van der Waals surface area contributed by atoms with Gasteiger partial charge < -0.3 is 5.11 Å². The number of hydrogen-bond donors (Lipinski definition) is 1. The third kappa shape index (κ3) is 27.8. The summed E-state index contributed by atoms with van der Waals surface area (Å²) >= 11 is 5.69. The summed E-state index contributed by atoms with van der Waals surface area (Å²) in [7, 11) is 0. The molecule has 0 unspecified atom stereocenters. The van der Waals surface area contributed by atoms with Gasteiger partial charge in [0.15, 0.2) is 0 Å². The summed E-state index contributed by atoms with van der Waals surface area (Å²) in [5, 5.41) is 8.59. The van der Waals surface area contributed by atoms with Crippen LogP contribution in [0.1, 0.15) is 154 Å². The Bertz CT molecular complexity index is 320. The van der Waals surface area contributed by atoms with E-state index in [4.69, 9.17) is 16.7 Å². The predicted molar refractivity (Wildman–Crippen MR) is 129 cm³/mol. The molecule has 0 aromatic heterocycles. The van der Waals surface area contributed by atoms with E-state index in [1.165, 1.54) is 135 Å². The van der Waals surface area contributed by atoms with Crippen molar-refractivity contribution in [3.8, 4) is 0 Å². The van der Waals surface area contributed by atoms with Gasteiger partial charge in [0.1, 0.15) is 0 Å². The summed E-state index contributed by atoms with van der Waals surface area (Å²) in [6, 6.07) is 0. The molecule has 0 aliphatic rings. The Labute approximate surface area is 187 Å². The maximum atomic E-state index is 10.4. The smallest absolute Gasteiger partial charge is 0.303 e. The SMILES string of the molecule is O=C(O)CCCCCCCCCCCCCCCCCCCCCCCCCCl. The minimum absolute atomic E-state index is 0.343. The molecule has 0 radical (unpaired) electrons. The molecule has 0 saturated carbocycles. The first-order valence-electron chi connectivity index (χ1n) is 13.0. The van der Waals surface area contributed by atoms with Crippen LogP contribution in [0.3, 0.4) is 0 Å². The average Bonchev–Trinajstić information content (AvgIpc) is 2.71. The fraction of sp³-hybridized carbons (Fsp3) is 0.962. The van der Waals surface area contributed by atoms with Crippen molar-refractivity contribution in [2.24, 2.45) is 0 Å². The maximum Gasteiger partial charge on any atom is 0.303 e. The highest BCUT2D eigenvalue weighted by atomic mass is 35.5. The second-order valence-corrected chi connectivity index (χ2v) is 9.34. The molecule has 0 aromatic rings. The molecule has 0 fully saturated rings. The van der Waals surface area contributed by atoms with Gasteiger partial charge in [-0.15, -0.1) is 11.6 Å². The van der Waals surface area contributed by atoms with Crippen molar-refractivity contribution in [3.63, 3.8) is 0 Å². The second-order valence-electron chi connectivity index (χ2n) is 8.96. The number of carboxylic acid groups (broad SMARTS) is 1. The number of hydrogen-bond acceptors (Lipinski definition) is 1. The average molecular weight is 431 g/mol. The fourth-order valence-corrected chi connectivity index (χ4v) is 4.27. The van der Waals surface area contributed by atoms with Crippen LogP contribution in [0.25, 0.3) is 0 Å². The molecule has 0 bridgehead atoms. The Balaban J connectivity index is 2.99. The molecule has 0 spiro atoms. The maximum absolute atomic E-state index is 10.4. The summed E-state index contributed by atoms with van der Waals surface area (Å²) < 4.78 is 0. The molecule has 1 N–H and O–H groups in total. The number of aliphatic carboxylic acids is 1. The van der Waals surface area contributed by atoms with Crippen molar-refractivity contribution in [2.45, 2.75) is 154 Å². The summed E-state index contributed by atoms with van der Waals surface area (Å²) in [4.78, 5) is 10.4. The van der Waals surface area contributed by atoms with E-state index in [2.05, 4.69) is 0 Å². The molecule has 174 valence electrons. The molecule has 0 heterocycles. The Morgan fingerprint density at radius 2 is 0.621 bits per heavy atom. The quantitative estimate of drug-likeness (QED) is 0.115. The lowest BCUT2D eigenvalue weighted by atomic mass is 10.0. The van der Waals surface area contributed by atoms with E-state index < -0.39 is 5.97 Å². The predicted octanol–water partition coefficient (Wildman–Crippen LogP) is 9.67. The van der Waals surface area contributed by atoms with Crippen LogP contribution < -0.4 is 0 Å². The molecule has 0 aliphatic heterocycles. The standard InChI is InChI=1S/C26H51ClO2/c27-25-23-21-19-17-15-13-11-9-7-5-3-1-2-4-6-8-10-12-14-16-18-20-22-24-26(28)29/h1-25H2,(H,28,29). The van der Waals surface area contributed by atoms with Crippen molar-refractivity contribution in [2.75, 3.05) is 5.88 Å². The molecule has 0 rings (SSSR count). The topological polar surface area (TPSA) is 37.3 Å². The van der Waals surface area contributed by atoms with Crippen LogP contribution in [0.4, 0.5) is 0 Å². The van der Waals surface area contributed by atoms with Crippen molar-refractivity contribution >= 4 is 17.6 Å². The summed E-state index contributed by atoms with van der Waals surface area (Å²) in [6.45, 7) is 0. The number of rotatable bonds is 25. The third-order valence-electron chi connectivity index (χ3n) is 6.02. The van der Waals surface area contributed by atoms with Gasteiger partial charge in [0.25, 0.3) is 0 Å². The Morgan fingerprint density at radius 1 is 0.414 bits per heavy atom. The first-order valence-corrected chi connectivity index (χ1v) is 13.6. The first kappa shape index (κ1) is 28.8. The van der Waals surface area contributed by atoms with E-state index in [0.29, 0.717) is 6.42 Å². The zero-order chi connectivity index (χ0) is 21.3. The largest absolute Gasteiger partial charge is 0.481 e. The van der Waals surface area contributed by atoms with Gasteiger partial charge in [0.2, 0.25) is 0 Å². The first-order chi connectivity index (χ1) is 14.3. The van der Waals surface area contributed by atoms with Crippen LogP contribution in [0.2, 0.25) is 0 Å². The minimum atomic E-state index is -0.652. The number of alkyl halides is 1. The van der Waals surface area contributed by atoms with Gasteiger partial charge in [-0.3, -0.25) is 4.79 Å². The van der Waals surface area contributed by atoms with Crippen molar-refractivity contribution < 1.29 is 9.90 Å². The van der Waals surface area contributed by atoms with Gasteiger partial charge in [-0.25, -0.2) is 0 Å². The van der Waals surface area contributed by atoms with E-state index in [0.717, 1.165) is 18.7 Å². The second kappa shape index (κ2) is 25.8. The Morgan fingerprint density at radius 3 is 0.828 bits per heavy atom. The lowest BCUT2D eigenvalue weighted by Crippen LogP contribution is -1.93. The highest BCUT2D eigenvalue weighted by Crippen LogP contribution is 2.15. The number of carbonyl (C=O) groups is 1. The molecule has 0 saturated heterocycles.